The molecule has 0 fully saturated rings. The average molecular weight is 423 g/mol. The first-order valence-electron chi connectivity index (χ1n) is 10.5. The lowest BCUT2D eigenvalue weighted by atomic mass is 10.1. The Labute approximate surface area is 183 Å². The van der Waals surface area contributed by atoms with E-state index >= 15 is 0 Å². The Morgan fingerprint density at radius 1 is 1.00 bits per heavy atom. The standard InChI is InChI=1S/C23H30N6O2/c1-4-30-20-10-9-17(14-21(20)31-5-2)11-12-25-23(24-3)26-15-18-7-6-8-19(13-18)22-27-16-28-29-22/h6-10,13-14,16H,4-5,11-12,15H2,1-3H3,(H2,24,25,26)(H,27,28,29). The van der Waals surface area contributed by atoms with E-state index in [0.29, 0.717) is 19.8 Å². The van der Waals surface area contributed by atoms with Crippen molar-refractivity contribution in [2.24, 2.45) is 4.99 Å². The van der Waals surface area contributed by atoms with Crippen molar-refractivity contribution in [2.45, 2.75) is 26.8 Å². The van der Waals surface area contributed by atoms with Crippen LogP contribution in [-0.4, -0.2) is 47.9 Å². The highest BCUT2D eigenvalue weighted by Crippen LogP contribution is 2.28. The van der Waals surface area contributed by atoms with Crippen LogP contribution in [0.3, 0.4) is 0 Å². The molecule has 0 atom stereocenters. The van der Waals surface area contributed by atoms with Crippen molar-refractivity contribution >= 4 is 5.96 Å². The zero-order valence-electron chi connectivity index (χ0n) is 18.3. The molecule has 0 aliphatic heterocycles. The lowest BCUT2D eigenvalue weighted by molar-refractivity contribution is 0.287. The molecule has 31 heavy (non-hydrogen) atoms. The molecule has 0 spiro atoms. The highest BCUT2D eigenvalue weighted by Gasteiger charge is 2.07. The van der Waals surface area contributed by atoms with Crippen LogP contribution in [0.2, 0.25) is 0 Å². The molecule has 0 radical (unpaired) electrons. The Balaban J connectivity index is 1.51. The van der Waals surface area contributed by atoms with E-state index in [1.54, 1.807) is 7.05 Å². The minimum atomic E-state index is 0.607. The Kier molecular flexibility index (Phi) is 8.28. The first kappa shape index (κ1) is 22.1. The summed E-state index contributed by atoms with van der Waals surface area (Å²) in [7, 11) is 1.77. The van der Waals surface area contributed by atoms with E-state index in [1.807, 2.05) is 38.1 Å². The number of ether oxygens (including phenoxy) is 2. The lowest BCUT2D eigenvalue weighted by Crippen LogP contribution is -2.37. The molecule has 3 rings (SSSR count). The van der Waals surface area contributed by atoms with Gasteiger partial charge >= 0.3 is 0 Å². The van der Waals surface area contributed by atoms with Gasteiger partial charge in [0.2, 0.25) is 0 Å². The Hall–Kier alpha value is -3.55. The van der Waals surface area contributed by atoms with Crippen LogP contribution in [0.1, 0.15) is 25.0 Å². The second-order valence-corrected chi connectivity index (χ2v) is 6.78. The van der Waals surface area contributed by atoms with E-state index in [9.17, 15) is 0 Å². The van der Waals surface area contributed by atoms with Crippen LogP contribution in [0.15, 0.2) is 53.8 Å². The van der Waals surface area contributed by atoms with Gasteiger partial charge in [-0.1, -0.05) is 24.3 Å². The summed E-state index contributed by atoms with van der Waals surface area (Å²) in [4.78, 5) is 8.52. The molecular formula is C23H30N6O2. The smallest absolute Gasteiger partial charge is 0.191 e. The van der Waals surface area contributed by atoms with Crippen LogP contribution in [-0.2, 0) is 13.0 Å². The third-order valence-electron chi connectivity index (χ3n) is 4.61. The van der Waals surface area contributed by atoms with Gasteiger partial charge in [0, 0.05) is 25.7 Å². The number of H-pyrrole nitrogens is 1. The van der Waals surface area contributed by atoms with Gasteiger partial charge in [0.25, 0.3) is 0 Å². The van der Waals surface area contributed by atoms with E-state index in [0.717, 1.165) is 47.4 Å². The number of benzene rings is 2. The molecule has 1 heterocycles. The molecule has 0 unspecified atom stereocenters. The second kappa shape index (κ2) is 11.6. The molecule has 3 N–H and O–H groups in total. The summed E-state index contributed by atoms with van der Waals surface area (Å²) in [6, 6.07) is 14.2. The predicted molar refractivity (Wildman–Crippen MR) is 123 cm³/mol. The van der Waals surface area contributed by atoms with Gasteiger partial charge in [0.1, 0.15) is 6.33 Å². The van der Waals surface area contributed by atoms with Gasteiger partial charge in [0.05, 0.1) is 13.2 Å². The summed E-state index contributed by atoms with van der Waals surface area (Å²) in [5.41, 5.74) is 3.31. The highest BCUT2D eigenvalue weighted by atomic mass is 16.5. The highest BCUT2D eigenvalue weighted by molar-refractivity contribution is 5.79. The van der Waals surface area contributed by atoms with E-state index in [4.69, 9.17) is 9.47 Å². The summed E-state index contributed by atoms with van der Waals surface area (Å²) in [6.07, 6.45) is 2.35. The summed E-state index contributed by atoms with van der Waals surface area (Å²) in [5.74, 6) is 3.08. The first-order valence-corrected chi connectivity index (χ1v) is 10.5. The number of rotatable bonds is 10. The molecule has 3 aromatic rings. The average Bonchev–Trinajstić information content (AvgIpc) is 3.33. The summed E-state index contributed by atoms with van der Waals surface area (Å²) >= 11 is 0. The van der Waals surface area contributed by atoms with Crippen LogP contribution < -0.4 is 20.1 Å². The Morgan fingerprint density at radius 2 is 1.84 bits per heavy atom. The van der Waals surface area contributed by atoms with E-state index in [1.165, 1.54) is 11.9 Å². The number of hydrogen-bond donors (Lipinski definition) is 3. The van der Waals surface area contributed by atoms with Gasteiger partial charge in [-0.05, 0) is 49.6 Å². The minimum absolute atomic E-state index is 0.607. The molecule has 164 valence electrons. The SMILES string of the molecule is CCOc1ccc(CCNC(=NC)NCc2cccc(-c3ncn[nH]3)c2)cc1OCC. The van der Waals surface area contributed by atoms with Crippen molar-refractivity contribution in [2.75, 3.05) is 26.8 Å². The van der Waals surface area contributed by atoms with Crippen molar-refractivity contribution in [3.63, 3.8) is 0 Å². The number of guanidine groups is 1. The molecule has 0 saturated carbocycles. The van der Waals surface area contributed by atoms with E-state index < -0.39 is 0 Å². The van der Waals surface area contributed by atoms with Crippen LogP contribution in [0.25, 0.3) is 11.4 Å². The zero-order chi connectivity index (χ0) is 21.9. The topological polar surface area (TPSA) is 96.5 Å². The van der Waals surface area contributed by atoms with Gasteiger partial charge in [-0.25, -0.2) is 4.98 Å². The van der Waals surface area contributed by atoms with Crippen LogP contribution in [0.5, 0.6) is 11.5 Å². The maximum Gasteiger partial charge on any atom is 0.191 e. The van der Waals surface area contributed by atoms with Crippen LogP contribution in [0, 0.1) is 0 Å². The summed E-state index contributed by atoms with van der Waals surface area (Å²) in [5, 5.41) is 13.5. The largest absolute Gasteiger partial charge is 0.490 e. The maximum absolute atomic E-state index is 5.71. The summed E-state index contributed by atoms with van der Waals surface area (Å²) < 4.78 is 11.3. The zero-order valence-corrected chi connectivity index (χ0v) is 18.3. The van der Waals surface area contributed by atoms with Gasteiger partial charge in [0.15, 0.2) is 23.3 Å². The Bertz CT molecular complexity index is 972. The number of aromatic nitrogens is 3. The second-order valence-electron chi connectivity index (χ2n) is 6.78. The molecule has 8 heteroatoms. The van der Waals surface area contributed by atoms with Crippen LogP contribution >= 0.6 is 0 Å². The maximum atomic E-state index is 5.71. The van der Waals surface area contributed by atoms with Crippen molar-refractivity contribution in [1.82, 2.24) is 25.8 Å². The fraction of sp³-hybridized carbons (Fsp3) is 0.348. The monoisotopic (exact) mass is 422 g/mol. The number of nitrogens with one attached hydrogen (secondary N) is 3. The minimum Gasteiger partial charge on any atom is -0.490 e. The molecule has 8 nitrogen and oxygen atoms in total. The predicted octanol–water partition coefficient (Wildman–Crippen LogP) is 3.18. The number of hydrogen-bond acceptors (Lipinski definition) is 5. The van der Waals surface area contributed by atoms with Crippen LogP contribution in [0.4, 0.5) is 0 Å². The van der Waals surface area contributed by atoms with Gasteiger partial charge in [-0.15, -0.1) is 0 Å². The van der Waals surface area contributed by atoms with E-state index in [2.05, 4.69) is 49.0 Å². The molecule has 0 saturated heterocycles. The fourth-order valence-electron chi connectivity index (χ4n) is 3.16. The fourth-order valence-corrected chi connectivity index (χ4v) is 3.16. The quantitative estimate of drug-likeness (QED) is 0.343. The molecular weight excluding hydrogens is 392 g/mol. The van der Waals surface area contributed by atoms with Crippen molar-refractivity contribution < 1.29 is 9.47 Å². The third kappa shape index (κ3) is 6.47. The lowest BCUT2D eigenvalue weighted by Gasteiger charge is -2.14. The summed E-state index contributed by atoms with van der Waals surface area (Å²) in [6.45, 7) is 6.56. The third-order valence-corrected chi connectivity index (χ3v) is 4.61. The van der Waals surface area contributed by atoms with Crippen molar-refractivity contribution in [3.05, 3.63) is 59.9 Å². The normalized spacial score (nSPS) is 11.3. The molecule has 0 amide bonds. The number of aromatic amines is 1. The number of nitrogens with zero attached hydrogens (tertiary/aromatic N) is 3. The first-order chi connectivity index (χ1) is 15.2. The number of aliphatic imine (C=N–C) groups is 1. The Morgan fingerprint density at radius 3 is 2.58 bits per heavy atom. The van der Waals surface area contributed by atoms with E-state index in [-0.39, 0.29) is 0 Å². The molecule has 0 bridgehead atoms. The molecule has 1 aromatic heterocycles. The van der Waals surface area contributed by atoms with Gasteiger partial charge in [-0.3, -0.25) is 10.1 Å². The van der Waals surface area contributed by atoms with Gasteiger partial charge in [-0.2, -0.15) is 5.10 Å². The molecule has 2 aromatic carbocycles. The van der Waals surface area contributed by atoms with Crippen molar-refractivity contribution in [1.29, 1.82) is 0 Å². The van der Waals surface area contributed by atoms with Gasteiger partial charge < -0.3 is 20.1 Å². The molecule has 0 aliphatic carbocycles. The van der Waals surface area contributed by atoms with Crippen molar-refractivity contribution in [3.8, 4) is 22.9 Å². The molecule has 0 aliphatic rings.